The van der Waals surface area contributed by atoms with Crippen LogP contribution in [0.25, 0.3) is 0 Å². The van der Waals surface area contributed by atoms with Crippen molar-refractivity contribution in [3.8, 4) is 0 Å². The Bertz CT molecular complexity index is 56.6. The molecule has 0 rings (SSSR count). The van der Waals surface area contributed by atoms with Crippen LogP contribution in [-0.4, -0.2) is 0 Å². The molecule has 0 aliphatic heterocycles. The summed E-state index contributed by atoms with van der Waals surface area (Å²) in [5, 5.41) is 8.68. The van der Waals surface area contributed by atoms with Crippen LogP contribution >= 0.6 is 0 Å². The van der Waals surface area contributed by atoms with Gasteiger partial charge in [0.15, 0.2) is 0 Å². The van der Waals surface area contributed by atoms with Crippen molar-refractivity contribution in [1.29, 1.82) is 0 Å². The summed E-state index contributed by atoms with van der Waals surface area (Å²) in [6.45, 7) is 0. The molecule has 6 heavy (non-hydrogen) atoms. The fourth-order valence-electron chi connectivity index (χ4n) is 0.0364. The van der Waals surface area contributed by atoms with Crippen molar-refractivity contribution in [3.05, 3.63) is 12.3 Å². The van der Waals surface area contributed by atoms with E-state index in [0.29, 0.717) is 0 Å². The number of hydrogen-bond donors (Lipinski definition) is 0. The Labute approximate surface area is 32.6 Å². The first-order valence-corrected chi connectivity index (χ1v) is 1.07. The van der Waals surface area contributed by atoms with E-state index in [1.807, 2.05) is 0 Å². The van der Waals surface area contributed by atoms with E-state index in [4.69, 9.17) is 5.26 Å². The van der Waals surface area contributed by atoms with E-state index in [1.165, 1.54) is 0 Å². The average molecular weight is 95.0 g/mol. The maximum Gasteiger partial charge on any atom is 0.303 e. The molecule has 0 heterocycles. The van der Waals surface area contributed by atoms with Crippen LogP contribution in [0, 0.1) is 0 Å². The quantitative estimate of drug-likeness (QED) is 0.261. The van der Waals surface area contributed by atoms with Crippen LogP contribution in [0.5, 0.6) is 0 Å². The molecule has 0 spiro atoms. The van der Waals surface area contributed by atoms with Gasteiger partial charge in [-0.05, 0) is 0 Å². The van der Waals surface area contributed by atoms with Crippen LogP contribution < -0.4 is 5.26 Å². The zero-order valence-corrected chi connectivity index (χ0v) is 2.65. The Morgan fingerprint density at radius 3 is 2.17 bits per heavy atom. The molecule has 0 N–H and O–H groups in total. The number of halogens is 2. The van der Waals surface area contributed by atoms with Crippen LogP contribution in [0.3, 0.4) is 0 Å². The summed E-state index contributed by atoms with van der Waals surface area (Å²) < 4.78 is 21.1. The van der Waals surface area contributed by atoms with Gasteiger partial charge in [0.2, 0.25) is 0 Å². The summed E-state index contributed by atoms with van der Waals surface area (Å²) in [4.78, 5) is 2.64. The summed E-state index contributed by atoms with van der Waals surface area (Å²) >= 11 is 0. The Balaban J connectivity index is 3.14. The van der Waals surface area contributed by atoms with E-state index in [2.05, 4.69) is 4.89 Å². The van der Waals surface area contributed by atoms with E-state index < -0.39 is 6.08 Å². The molecule has 36 valence electrons. The molecular formula is C2HF2O2-. The molecule has 0 radical (unpaired) electrons. The molecular weight excluding hydrogens is 94.0 g/mol. The first kappa shape index (κ1) is 5.36. The lowest BCUT2D eigenvalue weighted by Crippen LogP contribution is -1.95. The fourth-order valence-corrected chi connectivity index (χ4v) is 0.0364. The molecule has 0 bridgehead atoms. The maximum atomic E-state index is 10.6. The van der Waals surface area contributed by atoms with Crippen molar-refractivity contribution in [2.45, 2.75) is 0 Å². The highest BCUT2D eigenvalue weighted by Crippen LogP contribution is 1.92. The van der Waals surface area contributed by atoms with Gasteiger partial charge in [-0.15, -0.1) is 0 Å². The van der Waals surface area contributed by atoms with Gasteiger partial charge in [0.25, 0.3) is 0 Å². The highest BCUT2D eigenvalue weighted by molar-refractivity contribution is 4.66. The third kappa shape index (κ3) is 3.36. The first-order valence-electron chi connectivity index (χ1n) is 1.07. The van der Waals surface area contributed by atoms with Crippen LogP contribution in [0.1, 0.15) is 0 Å². The second-order valence-corrected chi connectivity index (χ2v) is 0.504. The highest BCUT2D eigenvalue weighted by atomic mass is 19.3. The third-order valence-corrected chi connectivity index (χ3v) is 0.137. The summed E-state index contributed by atoms with van der Waals surface area (Å²) in [6.07, 6.45) is -2.30. The van der Waals surface area contributed by atoms with Gasteiger partial charge in [-0.3, -0.25) is 0 Å². The van der Waals surface area contributed by atoms with E-state index in [-0.39, 0.29) is 6.26 Å². The number of rotatable bonds is 1. The SMILES string of the molecule is [O-]OC=C(F)F. The molecule has 0 saturated carbocycles. The zero-order chi connectivity index (χ0) is 4.99. The lowest BCUT2D eigenvalue weighted by molar-refractivity contribution is -0.666. The van der Waals surface area contributed by atoms with Gasteiger partial charge in [0.05, 0.1) is 0 Å². The second kappa shape index (κ2) is 2.59. The number of hydrogen-bond acceptors (Lipinski definition) is 2. The molecule has 0 aromatic rings. The molecule has 0 amide bonds. The Morgan fingerprint density at radius 2 is 2.17 bits per heavy atom. The molecule has 4 heteroatoms. The van der Waals surface area contributed by atoms with Crippen LogP contribution in [-0.2, 0) is 4.89 Å². The van der Waals surface area contributed by atoms with Gasteiger partial charge in [-0.2, -0.15) is 8.78 Å². The molecule has 0 aliphatic carbocycles. The highest BCUT2D eigenvalue weighted by Gasteiger charge is 1.78. The maximum absolute atomic E-state index is 10.6. The predicted molar refractivity (Wildman–Crippen MR) is 11.4 cm³/mol. The Hall–Kier alpha value is -0.640. The van der Waals surface area contributed by atoms with E-state index in [1.54, 1.807) is 0 Å². The fraction of sp³-hybridized carbons (Fsp3) is 0. The molecule has 0 unspecified atom stereocenters. The molecule has 0 aliphatic rings. The molecule has 0 atom stereocenters. The molecule has 0 aromatic heterocycles. The summed E-state index contributed by atoms with van der Waals surface area (Å²) in [7, 11) is 0. The standard InChI is InChI=1S/C2H2F2O2/c3-2(4)1-6-5/h1,5H/p-1. The third-order valence-electron chi connectivity index (χ3n) is 0.137. The lowest BCUT2D eigenvalue weighted by Gasteiger charge is -1.94. The van der Waals surface area contributed by atoms with Gasteiger partial charge in [0, 0.05) is 0 Å². The normalized spacial score (nSPS) is 7.17. The van der Waals surface area contributed by atoms with Crippen LogP contribution in [0.4, 0.5) is 8.78 Å². The van der Waals surface area contributed by atoms with Crippen molar-refractivity contribution < 1.29 is 18.9 Å². The minimum atomic E-state index is -2.12. The monoisotopic (exact) mass is 95.0 g/mol. The second-order valence-electron chi connectivity index (χ2n) is 0.504. The smallest absolute Gasteiger partial charge is 0.303 e. The molecule has 0 aromatic carbocycles. The van der Waals surface area contributed by atoms with E-state index in [9.17, 15) is 8.78 Å². The van der Waals surface area contributed by atoms with Gasteiger partial charge < -0.3 is 10.1 Å². The molecule has 0 saturated heterocycles. The van der Waals surface area contributed by atoms with Gasteiger partial charge in [-0.25, -0.2) is 0 Å². The van der Waals surface area contributed by atoms with Crippen molar-refractivity contribution in [2.75, 3.05) is 0 Å². The first-order chi connectivity index (χ1) is 2.77. The summed E-state index contributed by atoms with van der Waals surface area (Å²) in [5.74, 6) is 0. The van der Waals surface area contributed by atoms with Crippen LogP contribution in [0.15, 0.2) is 12.3 Å². The molecule has 0 fully saturated rings. The van der Waals surface area contributed by atoms with E-state index >= 15 is 0 Å². The van der Waals surface area contributed by atoms with Gasteiger partial charge in [0.1, 0.15) is 6.26 Å². The largest absolute Gasteiger partial charge is 0.664 e. The Kier molecular flexibility index (Phi) is 2.31. The summed E-state index contributed by atoms with van der Waals surface area (Å²) in [6, 6.07) is 0. The van der Waals surface area contributed by atoms with Crippen molar-refractivity contribution in [1.82, 2.24) is 0 Å². The minimum Gasteiger partial charge on any atom is -0.664 e. The minimum absolute atomic E-state index is 0.181. The Morgan fingerprint density at radius 1 is 1.67 bits per heavy atom. The van der Waals surface area contributed by atoms with Crippen molar-refractivity contribution >= 4 is 0 Å². The van der Waals surface area contributed by atoms with Gasteiger partial charge in [-0.1, -0.05) is 0 Å². The average Bonchev–Trinajstić information content (AvgIpc) is 1.35. The lowest BCUT2D eigenvalue weighted by atomic mass is 11.1. The van der Waals surface area contributed by atoms with Crippen molar-refractivity contribution in [3.63, 3.8) is 0 Å². The van der Waals surface area contributed by atoms with Crippen molar-refractivity contribution in [2.24, 2.45) is 0 Å². The predicted octanol–water partition coefficient (Wildman–Crippen LogP) is 0.0162. The summed E-state index contributed by atoms with van der Waals surface area (Å²) in [5.41, 5.74) is 0. The topological polar surface area (TPSA) is 32.3 Å². The zero-order valence-electron chi connectivity index (χ0n) is 2.65. The van der Waals surface area contributed by atoms with E-state index in [0.717, 1.165) is 0 Å². The molecule has 2 nitrogen and oxygen atoms in total. The van der Waals surface area contributed by atoms with Crippen LogP contribution in [0.2, 0.25) is 0 Å². The van der Waals surface area contributed by atoms with Gasteiger partial charge >= 0.3 is 6.08 Å².